The number of rotatable bonds is 2. The summed E-state index contributed by atoms with van der Waals surface area (Å²) in [5.41, 5.74) is 0. The molecule has 0 atom stereocenters. The third-order valence-electron chi connectivity index (χ3n) is 1.44. The van der Waals surface area contributed by atoms with Gasteiger partial charge in [0.2, 0.25) is 0 Å². The molecule has 0 radical (unpaired) electrons. The van der Waals surface area contributed by atoms with Crippen molar-refractivity contribution in [2.24, 2.45) is 5.92 Å². The van der Waals surface area contributed by atoms with Gasteiger partial charge in [-0.15, -0.1) is 5.01 Å². The van der Waals surface area contributed by atoms with Gasteiger partial charge < -0.3 is 5.11 Å². The van der Waals surface area contributed by atoms with Crippen LogP contribution in [0.4, 0.5) is 0 Å². The maximum atomic E-state index is 10.1. The van der Waals surface area contributed by atoms with E-state index < -0.39 is 16.9 Å². The largest absolute Gasteiger partial charge is 0.481 e. The van der Waals surface area contributed by atoms with Crippen LogP contribution in [0.5, 0.6) is 0 Å². The molecule has 0 aliphatic carbocycles. The lowest BCUT2D eigenvalue weighted by Gasteiger charge is -2.28. The minimum Gasteiger partial charge on any atom is -0.481 e. The molecule has 0 unspecified atom stereocenters. The van der Waals surface area contributed by atoms with Crippen LogP contribution in [0.1, 0.15) is 0 Å². The fraction of sp³-hybridized carbons (Fsp3) is 0.750. The second-order valence-corrected chi connectivity index (χ2v) is 2.14. The average Bonchev–Trinajstić information content (AvgIpc) is 1.56. The van der Waals surface area contributed by atoms with Gasteiger partial charge in [0.05, 0.1) is 13.1 Å². The van der Waals surface area contributed by atoms with Gasteiger partial charge in [0.25, 0.3) is 0 Å². The molecular weight excluding hydrogens is 140 g/mol. The minimum atomic E-state index is -0.960. The number of nitrogens with zero attached hydrogens (tertiary/aromatic N) is 2. The Morgan fingerprint density at radius 3 is 2.50 bits per heavy atom. The first kappa shape index (κ1) is 6.79. The molecule has 0 saturated carbocycles. The van der Waals surface area contributed by atoms with Gasteiger partial charge in [0.15, 0.2) is 5.03 Å². The van der Waals surface area contributed by atoms with Crippen LogP contribution < -0.4 is 0 Å². The Morgan fingerprint density at radius 2 is 2.20 bits per heavy atom. The highest BCUT2D eigenvalue weighted by Gasteiger charge is 2.38. The molecule has 1 fully saturated rings. The van der Waals surface area contributed by atoms with Crippen molar-refractivity contribution in [3.05, 3.63) is 10.1 Å². The Kier molecular flexibility index (Phi) is 1.44. The van der Waals surface area contributed by atoms with Crippen molar-refractivity contribution in [2.75, 3.05) is 13.1 Å². The first-order valence-electron chi connectivity index (χ1n) is 2.73. The van der Waals surface area contributed by atoms with E-state index in [0.29, 0.717) is 0 Å². The summed E-state index contributed by atoms with van der Waals surface area (Å²) in [6.45, 7) is 0.0602. The zero-order chi connectivity index (χ0) is 7.72. The predicted octanol–water partition coefficient (Wildman–Crippen LogP) is -0.805. The molecule has 1 N–H and O–H groups in total. The van der Waals surface area contributed by atoms with Crippen molar-refractivity contribution in [2.45, 2.75) is 0 Å². The standard InChI is InChI=1S/C4H6N2O4/c7-4(8)3-1-5(2-3)6(9)10/h3H,1-2H2,(H,7,8). The van der Waals surface area contributed by atoms with Crippen LogP contribution >= 0.6 is 0 Å². The maximum Gasteiger partial charge on any atom is 0.310 e. The van der Waals surface area contributed by atoms with Crippen molar-refractivity contribution >= 4 is 5.97 Å². The monoisotopic (exact) mass is 146 g/mol. The summed E-state index contributed by atoms with van der Waals surface area (Å²) < 4.78 is 0. The Bertz CT molecular complexity index is 156. The Hall–Kier alpha value is -1.33. The molecule has 6 heteroatoms. The molecule has 1 aliphatic heterocycles. The van der Waals surface area contributed by atoms with Gasteiger partial charge in [-0.25, -0.2) is 10.1 Å². The summed E-state index contributed by atoms with van der Waals surface area (Å²) in [5, 5.41) is 18.5. The van der Waals surface area contributed by atoms with Crippen LogP contribution in [-0.4, -0.2) is 34.2 Å². The van der Waals surface area contributed by atoms with E-state index >= 15 is 0 Å². The van der Waals surface area contributed by atoms with E-state index in [2.05, 4.69) is 0 Å². The normalized spacial score (nSPS) is 18.2. The fourth-order valence-corrected chi connectivity index (χ4v) is 0.745. The van der Waals surface area contributed by atoms with Crippen LogP contribution in [0, 0.1) is 16.0 Å². The van der Waals surface area contributed by atoms with Gasteiger partial charge in [0, 0.05) is 0 Å². The summed E-state index contributed by atoms with van der Waals surface area (Å²) in [6.07, 6.45) is 0. The summed E-state index contributed by atoms with van der Waals surface area (Å²) in [4.78, 5) is 20.0. The van der Waals surface area contributed by atoms with Crippen LogP contribution in [0.2, 0.25) is 0 Å². The molecule has 1 saturated heterocycles. The SMILES string of the molecule is O=C(O)C1CN([N+](=O)[O-])C1. The highest BCUT2D eigenvalue weighted by molar-refractivity contribution is 5.71. The van der Waals surface area contributed by atoms with Gasteiger partial charge in [-0.3, -0.25) is 4.79 Å². The lowest BCUT2D eigenvalue weighted by atomic mass is 10.0. The highest BCUT2D eigenvalue weighted by atomic mass is 16.7. The molecule has 6 nitrogen and oxygen atoms in total. The number of carboxylic acids is 1. The van der Waals surface area contributed by atoms with Crippen LogP contribution in [0.3, 0.4) is 0 Å². The maximum absolute atomic E-state index is 10.1. The van der Waals surface area contributed by atoms with E-state index in [4.69, 9.17) is 5.11 Å². The number of carbonyl (C=O) groups is 1. The van der Waals surface area contributed by atoms with E-state index in [0.717, 1.165) is 5.01 Å². The summed E-state index contributed by atoms with van der Waals surface area (Å²) >= 11 is 0. The third-order valence-corrected chi connectivity index (χ3v) is 1.44. The molecular formula is C4H6N2O4. The van der Waals surface area contributed by atoms with Crippen molar-refractivity contribution in [1.82, 2.24) is 5.01 Å². The topological polar surface area (TPSA) is 83.7 Å². The van der Waals surface area contributed by atoms with Crippen molar-refractivity contribution in [3.63, 3.8) is 0 Å². The van der Waals surface area contributed by atoms with Crippen LogP contribution in [0.15, 0.2) is 0 Å². The van der Waals surface area contributed by atoms with E-state index in [1.807, 2.05) is 0 Å². The Balaban J connectivity index is 2.31. The first-order valence-corrected chi connectivity index (χ1v) is 2.73. The molecule has 0 bridgehead atoms. The van der Waals surface area contributed by atoms with E-state index in [1.165, 1.54) is 0 Å². The molecule has 1 heterocycles. The molecule has 1 aliphatic rings. The second kappa shape index (κ2) is 2.13. The molecule has 0 amide bonds. The molecule has 0 spiro atoms. The molecule has 0 aromatic rings. The summed E-state index contributed by atoms with van der Waals surface area (Å²) in [5.74, 6) is -1.51. The van der Waals surface area contributed by atoms with E-state index in [-0.39, 0.29) is 13.1 Å². The molecule has 1 rings (SSSR count). The summed E-state index contributed by atoms with van der Waals surface area (Å²) in [7, 11) is 0. The number of nitro groups is 1. The van der Waals surface area contributed by atoms with Crippen molar-refractivity contribution in [1.29, 1.82) is 0 Å². The quantitative estimate of drug-likeness (QED) is 0.407. The predicted molar refractivity (Wildman–Crippen MR) is 29.7 cm³/mol. The second-order valence-electron chi connectivity index (χ2n) is 2.14. The van der Waals surface area contributed by atoms with E-state index in [1.54, 1.807) is 0 Å². The van der Waals surface area contributed by atoms with Crippen LogP contribution in [-0.2, 0) is 4.79 Å². The molecule has 0 aromatic heterocycles. The number of aliphatic carboxylic acids is 1. The lowest BCUT2D eigenvalue weighted by Crippen LogP contribution is -2.52. The van der Waals surface area contributed by atoms with Gasteiger partial charge in [0.1, 0.15) is 5.92 Å². The van der Waals surface area contributed by atoms with Gasteiger partial charge >= 0.3 is 5.97 Å². The lowest BCUT2D eigenvalue weighted by molar-refractivity contribution is -0.672. The van der Waals surface area contributed by atoms with Gasteiger partial charge in [-0.05, 0) is 0 Å². The number of hydrogen-bond donors (Lipinski definition) is 1. The number of carboxylic acid groups (broad SMARTS) is 1. The van der Waals surface area contributed by atoms with Crippen LogP contribution in [0.25, 0.3) is 0 Å². The third kappa shape index (κ3) is 0.996. The molecule has 56 valence electrons. The number of hydrogen-bond acceptors (Lipinski definition) is 3. The number of hydrazine groups is 1. The zero-order valence-corrected chi connectivity index (χ0v) is 5.06. The Labute approximate surface area is 56.2 Å². The zero-order valence-electron chi connectivity index (χ0n) is 5.06. The Morgan fingerprint density at radius 1 is 1.70 bits per heavy atom. The fourth-order valence-electron chi connectivity index (χ4n) is 0.745. The van der Waals surface area contributed by atoms with Gasteiger partial charge in [-0.2, -0.15) is 0 Å². The van der Waals surface area contributed by atoms with E-state index in [9.17, 15) is 14.9 Å². The smallest absolute Gasteiger partial charge is 0.310 e. The molecule has 10 heavy (non-hydrogen) atoms. The highest BCUT2D eigenvalue weighted by Crippen LogP contribution is 2.14. The average molecular weight is 146 g/mol. The van der Waals surface area contributed by atoms with Crippen molar-refractivity contribution in [3.8, 4) is 0 Å². The first-order chi connectivity index (χ1) is 4.61. The summed E-state index contributed by atoms with van der Waals surface area (Å²) in [6, 6.07) is 0. The molecule has 0 aromatic carbocycles. The minimum absolute atomic E-state index is 0.0301. The van der Waals surface area contributed by atoms with Gasteiger partial charge in [-0.1, -0.05) is 0 Å². The van der Waals surface area contributed by atoms with Crippen molar-refractivity contribution < 1.29 is 14.9 Å².